The number of benzene rings is 1. The minimum absolute atomic E-state index is 0.255. The molecule has 4 heteroatoms. The van der Waals surface area contributed by atoms with Gasteiger partial charge in [-0.25, -0.2) is 4.39 Å². The zero-order chi connectivity index (χ0) is 15.4. The molecule has 1 fully saturated rings. The lowest BCUT2D eigenvalue weighted by atomic mass is 9.96. The van der Waals surface area contributed by atoms with E-state index in [1.165, 1.54) is 32.0 Å². The molecular formula is C17H26ClFN2. The van der Waals surface area contributed by atoms with Gasteiger partial charge in [-0.3, -0.25) is 0 Å². The van der Waals surface area contributed by atoms with Gasteiger partial charge in [0.15, 0.2) is 0 Å². The predicted molar refractivity (Wildman–Crippen MR) is 87.2 cm³/mol. The van der Waals surface area contributed by atoms with Crippen molar-refractivity contribution < 1.29 is 4.39 Å². The second-order valence-electron chi connectivity index (χ2n) is 6.57. The Kier molecular flexibility index (Phi) is 6.03. The number of rotatable bonds is 5. The summed E-state index contributed by atoms with van der Waals surface area (Å²) in [5.41, 5.74) is 0.944. The van der Waals surface area contributed by atoms with Gasteiger partial charge in [-0.15, -0.1) is 0 Å². The van der Waals surface area contributed by atoms with E-state index in [0.717, 1.165) is 18.7 Å². The van der Waals surface area contributed by atoms with Crippen LogP contribution >= 0.6 is 11.6 Å². The Hall–Kier alpha value is -0.640. The quantitative estimate of drug-likeness (QED) is 0.810. The van der Waals surface area contributed by atoms with Gasteiger partial charge in [0.2, 0.25) is 0 Å². The molecule has 1 heterocycles. The van der Waals surface area contributed by atoms with Gasteiger partial charge in [-0.05, 0) is 70.0 Å². The molecule has 0 aromatic heterocycles. The van der Waals surface area contributed by atoms with E-state index in [4.69, 9.17) is 11.6 Å². The summed E-state index contributed by atoms with van der Waals surface area (Å²) in [6.07, 6.45) is 2.57. The zero-order valence-electron chi connectivity index (χ0n) is 13.3. The summed E-state index contributed by atoms with van der Waals surface area (Å²) in [5, 5.41) is 0.474. The lowest BCUT2D eigenvalue weighted by Crippen LogP contribution is -2.43. The molecule has 1 aliphatic heterocycles. The molecule has 0 aliphatic carbocycles. The topological polar surface area (TPSA) is 6.48 Å². The average Bonchev–Trinajstić information content (AvgIpc) is 2.37. The maximum Gasteiger partial charge on any atom is 0.125 e. The van der Waals surface area contributed by atoms with Crippen molar-refractivity contribution in [1.82, 2.24) is 9.80 Å². The van der Waals surface area contributed by atoms with Crippen molar-refractivity contribution in [3.63, 3.8) is 0 Å². The first kappa shape index (κ1) is 16.7. The average molecular weight is 313 g/mol. The van der Waals surface area contributed by atoms with Crippen LogP contribution in [0.15, 0.2) is 18.2 Å². The van der Waals surface area contributed by atoms with E-state index in [9.17, 15) is 4.39 Å². The highest BCUT2D eigenvalue weighted by molar-refractivity contribution is 6.30. The molecule has 21 heavy (non-hydrogen) atoms. The monoisotopic (exact) mass is 312 g/mol. The second kappa shape index (κ2) is 7.57. The fraction of sp³-hybridized carbons (Fsp3) is 0.647. The van der Waals surface area contributed by atoms with Gasteiger partial charge < -0.3 is 9.80 Å². The third-order valence-electron chi connectivity index (χ3n) is 4.23. The molecule has 0 N–H and O–H groups in total. The van der Waals surface area contributed by atoms with Crippen LogP contribution in [0.25, 0.3) is 0 Å². The van der Waals surface area contributed by atoms with Gasteiger partial charge in [0, 0.05) is 30.7 Å². The Balaban J connectivity index is 1.87. The van der Waals surface area contributed by atoms with Gasteiger partial charge in [0.1, 0.15) is 5.82 Å². The van der Waals surface area contributed by atoms with Crippen LogP contribution in [-0.2, 0) is 6.54 Å². The Morgan fingerprint density at radius 1 is 1.38 bits per heavy atom. The van der Waals surface area contributed by atoms with Crippen LogP contribution in [0.2, 0.25) is 5.02 Å². The number of piperidine rings is 1. The van der Waals surface area contributed by atoms with Gasteiger partial charge in [-0.1, -0.05) is 11.6 Å². The van der Waals surface area contributed by atoms with Crippen LogP contribution in [0.3, 0.4) is 0 Å². The Morgan fingerprint density at radius 3 is 2.81 bits per heavy atom. The van der Waals surface area contributed by atoms with Crippen molar-refractivity contribution >= 4 is 11.6 Å². The summed E-state index contributed by atoms with van der Waals surface area (Å²) < 4.78 is 13.4. The first-order chi connectivity index (χ1) is 9.94. The van der Waals surface area contributed by atoms with Crippen LogP contribution in [0, 0.1) is 11.7 Å². The van der Waals surface area contributed by atoms with Crippen LogP contribution in [0.1, 0.15) is 32.3 Å². The molecule has 1 aliphatic rings. The normalized spacial score (nSPS) is 20.4. The maximum absolute atomic E-state index is 13.4. The summed E-state index contributed by atoms with van der Waals surface area (Å²) in [5.74, 6) is 0.449. The van der Waals surface area contributed by atoms with Gasteiger partial charge >= 0.3 is 0 Å². The minimum atomic E-state index is -0.255. The van der Waals surface area contributed by atoms with E-state index in [1.807, 2.05) is 6.07 Å². The molecule has 1 aromatic rings. The third kappa shape index (κ3) is 5.24. The first-order valence-electron chi connectivity index (χ1n) is 7.81. The molecule has 2 nitrogen and oxygen atoms in total. The largest absolute Gasteiger partial charge is 0.302 e. The first-order valence-corrected chi connectivity index (χ1v) is 8.19. The number of hydrogen-bond donors (Lipinski definition) is 0. The lowest BCUT2D eigenvalue weighted by Gasteiger charge is -2.37. The summed E-state index contributed by atoms with van der Waals surface area (Å²) in [4.78, 5) is 4.83. The number of nitrogens with zero attached hydrogens (tertiary/aromatic N) is 2. The summed E-state index contributed by atoms with van der Waals surface area (Å²) >= 11 is 5.91. The molecule has 2 rings (SSSR count). The van der Waals surface area contributed by atoms with Crippen molar-refractivity contribution in [3.05, 3.63) is 34.6 Å². The molecule has 118 valence electrons. The SMILES string of the molecule is CC(C)N1CCC[C@H](CN(C)Cc2cc(F)cc(Cl)c2)C1. The molecule has 0 amide bonds. The summed E-state index contributed by atoms with van der Waals surface area (Å²) in [7, 11) is 2.10. The molecule has 0 radical (unpaired) electrons. The lowest BCUT2D eigenvalue weighted by molar-refractivity contribution is 0.116. The van der Waals surface area contributed by atoms with Crippen LogP contribution < -0.4 is 0 Å². The van der Waals surface area contributed by atoms with Crippen molar-refractivity contribution in [1.29, 1.82) is 0 Å². The zero-order valence-corrected chi connectivity index (χ0v) is 14.0. The summed E-state index contributed by atoms with van der Waals surface area (Å²) in [6.45, 7) is 8.72. The predicted octanol–water partition coefficient (Wildman–Crippen LogP) is 4.03. The van der Waals surface area contributed by atoms with Gasteiger partial charge in [0.05, 0.1) is 0 Å². The van der Waals surface area contributed by atoms with Crippen molar-refractivity contribution in [3.8, 4) is 0 Å². The molecule has 0 bridgehead atoms. The van der Waals surface area contributed by atoms with E-state index in [-0.39, 0.29) is 5.82 Å². The van der Waals surface area contributed by atoms with Crippen LogP contribution in [-0.4, -0.2) is 42.5 Å². The fourth-order valence-corrected chi connectivity index (χ4v) is 3.48. The fourth-order valence-electron chi connectivity index (χ4n) is 3.23. The third-order valence-corrected chi connectivity index (χ3v) is 4.44. The maximum atomic E-state index is 13.4. The van der Waals surface area contributed by atoms with Gasteiger partial charge in [0.25, 0.3) is 0 Å². The van der Waals surface area contributed by atoms with E-state index < -0.39 is 0 Å². The van der Waals surface area contributed by atoms with E-state index in [1.54, 1.807) is 6.07 Å². The molecule has 0 saturated carbocycles. The van der Waals surface area contributed by atoms with Crippen molar-refractivity contribution in [2.75, 3.05) is 26.7 Å². The number of hydrogen-bond acceptors (Lipinski definition) is 2. The smallest absolute Gasteiger partial charge is 0.125 e. The number of likely N-dealkylation sites (tertiary alicyclic amines) is 1. The second-order valence-corrected chi connectivity index (χ2v) is 7.01. The van der Waals surface area contributed by atoms with Crippen molar-refractivity contribution in [2.24, 2.45) is 5.92 Å². The minimum Gasteiger partial charge on any atom is -0.302 e. The van der Waals surface area contributed by atoms with Crippen LogP contribution in [0.4, 0.5) is 4.39 Å². The number of halogens is 2. The van der Waals surface area contributed by atoms with Gasteiger partial charge in [-0.2, -0.15) is 0 Å². The van der Waals surface area contributed by atoms with E-state index >= 15 is 0 Å². The van der Waals surface area contributed by atoms with E-state index in [0.29, 0.717) is 17.0 Å². The molecule has 1 atom stereocenters. The summed E-state index contributed by atoms with van der Waals surface area (Å²) in [6, 6.07) is 5.40. The van der Waals surface area contributed by atoms with E-state index in [2.05, 4.69) is 30.7 Å². The Labute approximate surface area is 132 Å². The molecule has 1 saturated heterocycles. The Morgan fingerprint density at radius 2 is 2.14 bits per heavy atom. The Bertz CT molecular complexity index is 444. The highest BCUT2D eigenvalue weighted by atomic mass is 35.5. The molecule has 0 unspecified atom stereocenters. The highest BCUT2D eigenvalue weighted by Crippen LogP contribution is 2.20. The van der Waals surface area contributed by atoms with Crippen molar-refractivity contribution in [2.45, 2.75) is 39.3 Å². The standard InChI is InChI=1S/C17H26ClFN2/c1-13(2)21-6-4-5-14(12-21)10-20(3)11-15-7-16(18)9-17(19)8-15/h7-9,13-14H,4-6,10-12H2,1-3H3/t14-/m1/s1. The molecule has 0 spiro atoms. The molecule has 1 aromatic carbocycles. The highest BCUT2D eigenvalue weighted by Gasteiger charge is 2.22. The molecular weight excluding hydrogens is 287 g/mol. The van der Waals surface area contributed by atoms with Crippen LogP contribution in [0.5, 0.6) is 0 Å².